The molecule has 6 rings (SSSR count). The zero-order chi connectivity index (χ0) is 21.1. The third kappa shape index (κ3) is 2.43. The molecular weight excluding hydrogens is 412 g/mol. The first-order valence-electron chi connectivity index (χ1n) is 9.67. The molecule has 150 valence electrons. The van der Waals surface area contributed by atoms with Crippen molar-refractivity contribution in [2.75, 3.05) is 0 Å². The quantitative estimate of drug-likeness (QED) is 0.640. The number of nitrogens with one attached hydrogen (secondary N) is 1. The standard InChI is InChI=1S/C23H15ClN6O/c24-17-3-4-18-19(13-17)26-10-6-20(18)30-21(7-11-28-30)22-14-16(15-25)5-8-23(22,31-22)29-12-2-1-9-27-29/h1-14,27H. The average Bonchev–Trinajstić information content (AvgIpc) is 3.26. The van der Waals surface area contributed by atoms with Crippen LogP contribution in [0.15, 0.2) is 91.1 Å². The second kappa shape index (κ2) is 6.32. The number of epoxide rings is 1. The molecule has 3 aliphatic rings. The Morgan fingerprint density at radius 3 is 2.94 bits per heavy atom. The Bertz CT molecular complexity index is 1400. The topological polar surface area (TPSA) is 82.3 Å². The van der Waals surface area contributed by atoms with E-state index in [0.717, 1.165) is 22.3 Å². The lowest BCUT2D eigenvalue weighted by atomic mass is 9.88. The van der Waals surface area contributed by atoms with Gasteiger partial charge in [-0.2, -0.15) is 10.4 Å². The summed E-state index contributed by atoms with van der Waals surface area (Å²) < 4.78 is 8.27. The number of nitrogens with zero attached hydrogens (tertiary/aromatic N) is 5. The van der Waals surface area contributed by atoms with Crippen LogP contribution in [0.1, 0.15) is 5.69 Å². The van der Waals surface area contributed by atoms with E-state index in [9.17, 15) is 5.26 Å². The van der Waals surface area contributed by atoms with Crippen LogP contribution in [-0.2, 0) is 10.3 Å². The van der Waals surface area contributed by atoms with Gasteiger partial charge in [-0.15, -0.1) is 0 Å². The molecule has 4 heterocycles. The van der Waals surface area contributed by atoms with Gasteiger partial charge < -0.3 is 10.2 Å². The van der Waals surface area contributed by atoms with Crippen molar-refractivity contribution < 1.29 is 4.74 Å². The summed E-state index contributed by atoms with van der Waals surface area (Å²) in [5.41, 5.74) is 4.45. The third-order valence-electron chi connectivity index (χ3n) is 5.73. The fourth-order valence-corrected chi connectivity index (χ4v) is 4.47. The molecule has 0 radical (unpaired) electrons. The summed E-state index contributed by atoms with van der Waals surface area (Å²) in [6.45, 7) is 0. The lowest BCUT2D eigenvalue weighted by molar-refractivity contribution is 0.134. The number of nitriles is 1. The Kier molecular flexibility index (Phi) is 3.66. The van der Waals surface area contributed by atoms with Gasteiger partial charge in [-0.25, -0.2) is 4.68 Å². The van der Waals surface area contributed by atoms with Gasteiger partial charge >= 0.3 is 0 Å². The van der Waals surface area contributed by atoms with E-state index in [4.69, 9.17) is 16.3 Å². The predicted octanol–water partition coefficient (Wildman–Crippen LogP) is 3.86. The van der Waals surface area contributed by atoms with E-state index in [1.165, 1.54) is 0 Å². The Labute approximate surface area is 182 Å². The summed E-state index contributed by atoms with van der Waals surface area (Å²) in [6.07, 6.45) is 16.6. The van der Waals surface area contributed by atoms with E-state index in [0.29, 0.717) is 10.6 Å². The van der Waals surface area contributed by atoms with Crippen molar-refractivity contribution >= 4 is 22.5 Å². The molecule has 31 heavy (non-hydrogen) atoms. The SMILES string of the molecule is N#CC1=CC2(c3ccnn3-c3ccnc4cc(Cl)ccc34)OC2(N2C=CC=CN2)C=C1. The molecule has 7 nitrogen and oxygen atoms in total. The molecule has 1 fully saturated rings. The molecule has 0 saturated carbocycles. The highest BCUT2D eigenvalue weighted by Gasteiger charge is 2.74. The Morgan fingerprint density at radius 2 is 2.10 bits per heavy atom. The second-order valence-corrected chi connectivity index (χ2v) is 7.83. The maximum Gasteiger partial charge on any atom is 0.218 e. The van der Waals surface area contributed by atoms with Gasteiger partial charge in [-0.05, 0) is 60.7 Å². The lowest BCUT2D eigenvalue weighted by Crippen LogP contribution is -2.46. The van der Waals surface area contributed by atoms with Crippen LogP contribution in [0, 0.1) is 11.3 Å². The molecule has 0 amide bonds. The fourth-order valence-electron chi connectivity index (χ4n) is 4.30. The van der Waals surface area contributed by atoms with Gasteiger partial charge in [0.25, 0.3) is 0 Å². The molecular formula is C23H15ClN6O. The van der Waals surface area contributed by atoms with Gasteiger partial charge in [-0.3, -0.25) is 9.99 Å². The van der Waals surface area contributed by atoms with Crippen molar-refractivity contribution in [3.8, 4) is 11.8 Å². The first kappa shape index (κ1) is 18.0. The molecule has 2 aromatic heterocycles. The van der Waals surface area contributed by atoms with Gasteiger partial charge in [0, 0.05) is 35.2 Å². The number of benzene rings is 1. The average molecular weight is 427 g/mol. The first-order valence-corrected chi connectivity index (χ1v) is 10.1. The molecule has 2 aliphatic heterocycles. The number of allylic oxidation sites excluding steroid dienone is 4. The van der Waals surface area contributed by atoms with E-state index in [1.54, 1.807) is 18.5 Å². The zero-order valence-electron chi connectivity index (χ0n) is 16.1. The van der Waals surface area contributed by atoms with Crippen molar-refractivity contribution in [1.82, 2.24) is 25.2 Å². The minimum Gasteiger partial charge on any atom is -0.324 e. The van der Waals surface area contributed by atoms with E-state index in [1.807, 2.05) is 76.7 Å². The maximum absolute atomic E-state index is 9.56. The number of fused-ring (bicyclic) bond motifs is 2. The summed E-state index contributed by atoms with van der Waals surface area (Å²) in [6, 6.07) is 11.6. The number of halogens is 1. The molecule has 1 aliphatic carbocycles. The largest absolute Gasteiger partial charge is 0.324 e. The van der Waals surface area contributed by atoms with Crippen molar-refractivity contribution in [2.45, 2.75) is 11.3 Å². The minimum atomic E-state index is -0.895. The van der Waals surface area contributed by atoms with E-state index >= 15 is 0 Å². The molecule has 0 spiro atoms. The summed E-state index contributed by atoms with van der Waals surface area (Å²) >= 11 is 6.16. The molecule has 0 bridgehead atoms. The number of rotatable bonds is 3. The van der Waals surface area contributed by atoms with Crippen LogP contribution in [0.3, 0.4) is 0 Å². The van der Waals surface area contributed by atoms with Gasteiger partial charge in [-0.1, -0.05) is 11.6 Å². The highest BCUT2D eigenvalue weighted by molar-refractivity contribution is 6.31. The highest BCUT2D eigenvalue weighted by Crippen LogP contribution is 2.61. The number of hydrazine groups is 1. The van der Waals surface area contributed by atoms with Gasteiger partial charge in [0.2, 0.25) is 5.72 Å². The normalized spacial score (nSPS) is 25.7. The number of pyridine rings is 1. The highest BCUT2D eigenvalue weighted by atomic mass is 35.5. The number of aromatic nitrogens is 3. The van der Waals surface area contributed by atoms with Crippen molar-refractivity contribution in [1.29, 1.82) is 5.26 Å². The fraction of sp³-hybridized carbons (Fsp3) is 0.0870. The molecule has 2 unspecified atom stereocenters. The smallest absolute Gasteiger partial charge is 0.218 e. The Morgan fingerprint density at radius 1 is 1.16 bits per heavy atom. The monoisotopic (exact) mass is 426 g/mol. The van der Waals surface area contributed by atoms with Crippen LogP contribution >= 0.6 is 11.6 Å². The van der Waals surface area contributed by atoms with Gasteiger partial charge in [0.15, 0.2) is 5.60 Å². The van der Waals surface area contributed by atoms with Crippen LogP contribution < -0.4 is 5.43 Å². The predicted molar refractivity (Wildman–Crippen MR) is 115 cm³/mol. The summed E-state index contributed by atoms with van der Waals surface area (Å²) in [5.74, 6) is 0. The maximum atomic E-state index is 9.56. The van der Waals surface area contributed by atoms with Gasteiger partial charge in [0.1, 0.15) is 0 Å². The lowest BCUT2D eigenvalue weighted by Gasteiger charge is -2.30. The molecule has 2 atom stereocenters. The summed E-state index contributed by atoms with van der Waals surface area (Å²) in [5, 5.41) is 17.6. The number of hydrogen-bond donors (Lipinski definition) is 1. The van der Waals surface area contributed by atoms with Crippen LogP contribution in [0.4, 0.5) is 0 Å². The summed E-state index contributed by atoms with van der Waals surface area (Å²) in [4.78, 5) is 4.44. The molecule has 8 heteroatoms. The molecule has 1 aromatic carbocycles. The number of ether oxygens (including phenoxy) is 1. The van der Waals surface area contributed by atoms with Crippen LogP contribution in [-0.4, -0.2) is 25.5 Å². The van der Waals surface area contributed by atoms with Crippen molar-refractivity contribution in [2.24, 2.45) is 0 Å². The van der Waals surface area contributed by atoms with Crippen LogP contribution in [0.5, 0.6) is 0 Å². The molecule has 1 saturated heterocycles. The van der Waals surface area contributed by atoms with Crippen molar-refractivity contribution in [3.63, 3.8) is 0 Å². The van der Waals surface area contributed by atoms with E-state index in [-0.39, 0.29) is 0 Å². The van der Waals surface area contributed by atoms with E-state index in [2.05, 4.69) is 21.6 Å². The Balaban J connectivity index is 1.54. The van der Waals surface area contributed by atoms with Gasteiger partial charge in [0.05, 0.1) is 28.5 Å². The van der Waals surface area contributed by atoms with Crippen LogP contribution in [0.2, 0.25) is 5.02 Å². The summed E-state index contributed by atoms with van der Waals surface area (Å²) in [7, 11) is 0. The number of hydrogen-bond acceptors (Lipinski definition) is 6. The zero-order valence-corrected chi connectivity index (χ0v) is 16.9. The van der Waals surface area contributed by atoms with Crippen molar-refractivity contribution in [3.05, 3.63) is 102 Å². The first-order chi connectivity index (χ1) is 15.2. The molecule has 3 aromatic rings. The van der Waals surface area contributed by atoms with E-state index < -0.39 is 11.3 Å². The second-order valence-electron chi connectivity index (χ2n) is 7.40. The Hall–Kier alpha value is -3.86. The third-order valence-corrected chi connectivity index (χ3v) is 5.97. The minimum absolute atomic E-state index is 0.531. The van der Waals surface area contributed by atoms with Crippen LogP contribution in [0.25, 0.3) is 16.6 Å². The molecule has 1 N–H and O–H groups in total.